The Bertz CT molecular complexity index is 317. The van der Waals surface area contributed by atoms with E-state index in [0.29, 0.717) is 30.9 Å². The monoisotopic (exact) mass is 273 g/mol. The van der Waals surface area contributed by atoms with Crippen molar-refractivity contribution in [2.75, 3.05) is 32.2 Å². The van der Waals surface area contributed by atoms with Crippen LogP contribution in [0.15, 0.2) is 0 Å². The number of hydrogen-bond donors (Lipinski definition) is 1. The molecule has 0 fully saturated rings. The first-order valence-corrected chi connectivity index (χ1v) is 6.70. The first-order chi connectivity index (χ1) is 8.52. The Morgan fingerprint density at radius 2 is 2.22 bits per heavy atom. The largest absolute Gasteiger partial charge is 0.468 e. The number of hydrogen-bond acceptors (Lipinski definition) is 6. The maximum absolute atomic E-state index is 11.6. The fourth-order valence-corrected chi connectivity index (χ4v) is 2.05. The van der Waals surface area contributed by atoms with Crippen LogP contribution in [0.2, 0.25) is 0 Å². The van der Waals surface area contributed by atoms with Crippen molar-refractivity contribution in [1.29, 1.82) is 5.26 Å². The second-order valence-electron chi connectivity index (χ2n) is 3.69. The molecule has 0 spiro atoms. The van der Waals surface area contributed by atoms with Crippen LogP contribution in [0.5, 0.6) is 0 Å². The zero-order valence-corrected chi connectivity index (χ0v) is 11.5. The van der Waals surface area contributed by atoms with Gasteiger partial charge in [0.05, 0.1) is 25.4 Å². The first kappa shape index (κ1) is 16.7. The molecule has 0 aliphatic heterocycles. The van der Waals surface area contributed by atoms with E-state index in [1.165, 1.54) is 23.8 Å². The third-order valence-corrected chi connectivity index (χ3v) is 3.26. The lowest BCUT2D eigenvalue weighted by molar-refractivity contribution is -0.142. The van der Waals surface area contributed by atoms with Crippen molar-refractivity contribution in [3.8, 4) is 6.07 Å². The maximum atomic E-state index is 11.6. The summed E-state index contributed by atoms with van der Waals surface area (Å²) in [7, 11) is 2.96. The molecule has 0 saturated carbocycles. The molecule has 0 aromatic carbocycles. The Balaban J connectivity index is 3.69. The topological polar surface area (TPSA) is 96.4 Å². The summed E-state index contributed by atoms with van der Waals surface area (Å²) in [6.45, 7) is 0.442. The number of ether oxygens (including phenoxy) is 1. The van der Waals surface area contributed by atoms with Crippen LogP contribution in [0.3, 0.4) is 0 Å². The van der Waals surface area contributed by atoms with Crippen LogP contribution in [0.1, 0.15) is 12.8 Å². The van der Waals surface area contributed by atoms with Gasteiger partial charge in [-0.2, -0.15) is 17.0 Å². The minimum Gasteiger partial charge on any atom is -0.468 e. The highest BCUT2D eigenvalue weighted by Crippen LogP contribution is 2.06. The molecular formula is C11H19N3O3S. The van der Waals surface area contributed by atoms with Crippen molar-refractivity contribution in [3.05, 3.63) is 0 Å². The lowest BCUT2D eigenvalue weighted by Gasteiger charge is -2.15. The smallest absolute Gasteiger partial charge is 0.322 e. The molecule has 0 aromatic rings. The quantitative estimate of drug-likeness (QED) is 0.493. The molecule has 0 rings (SSSR count). The average molecular weight is 273 g/mol. The predicted octanol–water partition coefficient (Wildman–Crippen LogP) is -0.0179. The molecule has 0 bridgehead atoms. The van der Waals surface area contributed by atoms with E-state index < -0.39 is 12.0 Å². The normalized spacial score (nSPS) is 11.4. The average Bonchev–Trinajstić information content (AvgIpc) is 2.39. The third-order valence-electron chi connectivity index (χ3n) is 2.29. The van der Waals surface area contributed by atoms with E-state index in [1.807, 2.05) is 6.07 Å². The number of carbonyl (C=O) groups is 2. The van der Waals surface area contributed by atoms with Gasteiger partial charge in [-0.3, -0.25) is 9.59 Å². The fraction of sp³-hybridized carbons (Fsp3) is 0.727. The molecular weight excluding hydrogens is 254 g/mol. The number of esters is 1. The van der Waals surface area contributed by atoms with Gasteiger partial charge in [0.15, 0.2) is 0 Å². The van der Waals surface area contributed by atoms with Gasteiger partial charge in [-0.15, -0.1) is 0 Å². The van der Waals surface area contributed by atoms with E-state index >= 15 is 0 Å². The molecule has 2 N–H and O–H groups in total. The van der Waals surface area contributed by atoms with Gasteiger partial charge in [-0.1, -0.05) is 0 Å². The van der Waals surface area contributed by atoms with Gasteiger partial charge in [0.2, 0.25) is 5.91 Å². The number of thioether (sulfide) groups is 1. The third kappa shape index (κ3) is 7.14. The zero-order chi connectivity index (χ0) is 14.0. The Labute approximate surface area is 111 Å². The van der Waals surface area contributed by atoms with Crippen molar-refractivity contribution >= 4 is 23.6 Å². The fourth-order valence-electron chi connectivity index (χ4n) is 1.09. The number of rotatable bonds is 8. The predicted molar refractivity (Wildman–Crippen MR) is 69.8 cm³/mol. The molecule has 0 aliphatic carbocycles. The summed E-state index contributed by atoms with van der Waals surface area (Å²) >= 11 is 1.42. The SMILES string of the molecule is COC(=O)C(N)CCSCC(=O)N(C)CCC#N. The number of nitrogens with two attached hydrogens (primary N) is 1. The summed E-state index contributed by atoms with van der Waals surface area (Å²) in [5.74, 6) is 0.485. The van der Waals surface area contributed by atoms with Gasteiger partial charge in [-0.05, 0) is 12.2 Å². The molecule has 0 radical (unpaired) electrons. The second-order valence-corrected chi connectivity index (χ2v) is 4.80. The Morgan fingerprint density at radius 3 is 2.78 bits per heavy atom. The second kappa shape index (κ2) is 9.74. The highest BCUT2D eigenvalue weighted by Gasteiger charge is 2.14. The number of nitrogens with zero attached hydrogens (tertiary/aromatic N) is 2. The van der Waals surface area contributed by atoms with Gasteiger partial charge >= 0.3 is 5.97 Å². The number of nitriles is 1. The Kier molecular flexibility index (Phi) is 9.06. The lowest BCUT2D eigenvalue weighted by atomic mass is 10.2. The molecule has 0 saturated heterocycles. The highest BCUT2D eigenvalue weighted by atomic mass is 32.2. The standard InChI is InChI=1S/C11H19N3O3S/c1-14(6-3-5-12)10(15)8-18-7-4-9(13)11(16)17-2/h9H,3-4,6-8,13H2,1-2H3. The molecule has 18 heavy (non-hydrogen) atoms. The summed E-state index contributed by atoms with van der Waals surface area (Å²) in [5.41, 5.74) is 5.55. The van der Waals surface area contributed by atoms with Crippen LogP contribution < -0.4 is 5.73 Å². The van der Waals surface area contributed by atoms with E-state index in [9.17, 15) is 9.59 Å². The van der Waals surface area contributed by atoms with Crippen LogP contribution in [-0.4, -0.2) is 55.0 Å². The molecule has 102 valence electrons. The Morgan fingerprint density at radius 1 is 1.56 bits per heavy atom. The Hall–Kier alpha value is -1.26. The molecule has 0 aromatic heterocycles. The molecule has 0 heterocycles. The van der Waals surface area contributed by atoms with Crippen LogP contribution in [0.4, 0.5) is 0 Å². The van der Waals surface area contributed by atoms with E-state index in [0.717, 1.165) is 0 Å². The van der Waals surface area contributed by atoms with Crippen LogP contribution in [0, 0.1) is 11.3 Å². The molecule has 7 heteroatoms. The van der Waals surface area contributed by atoms with Crippen LogP contribution >= 0.6 is 11.8 Å². The summed E-state index contributed by atoms with van der Waals surface area (Å²) < 4.78 is 4.49. The first-order valence-electron chi connectivity index (χ1n) is 5.55. The van der Waals surface area contributed by atoms with Gasteiger partial charge in [0.1, 0.15) is 6.04 Å². The molecule has 1 unspecified atom stereocenters. The maximum Gasteiger partial charge on any atom is 0.322 e. The van der Waals surface area contributed by atoms with Crippen molar-refractivity contribution < 1.29 is 14.3 Å². The summed E-state index contributed by atoms with van der Waals surface area (Å²) in [5, 5.41) is 8.40. The minimum atomic E-state index is -0.631. The van der Waals surface area contributed by atoms with Gasteiger partial charge < -0.3 is 15.4 Å². The van der Waals surface area contributed by atoms with Gasteiger partial charge in [0.25, 0.3) is 0 Å². The van der Waals surface area contributed by atoms with Crippen molar-refractivity contribution in [2.24, 2.45) is 5.73 Å². The van der Waals surface area contributed by atoms with Gasteiger partial charge in [0, 0.05) is 13.6 Å². The summed E-state index contributed by atoms with van der Waals surface area (Å²) in [6.07, 6.45) is 0.812. The molecule has 6 nitrogen and oxygen atoms in total. The van der Waals surface area contributed by atoms with Crippen molar-refractivity contribution in [3.63, 3.8) is 0 Å². The number of methoxy groups -OCH3 is 1. The van der Waals surface area contributed by atoms with Crippen LogP contribution in [-0.2, 0) is 14.3 Å². The minimum absolute atomic E-state index is 0.0260. The van der Waals surface area contributed by atoms with E-state index in [2.05, 4.69) is 4.74 Å². The van der Waals surface area contributed by atoms with Crippen LogP contribution in [0.25, 0.3) is 0 Å². The number of amides is 1. The number of carbonyl (C=O) groups excluding carboxylic acids is 2. The lowest BCUT2D eigenvalue weighted by Crippen LogP contribution is -2.32. The van der Waals surface area contributed by atoms with Crippen molar-refractivity contribution in [2.45, 2.75) is 18.9 Å². The van der Waals surface area contributed by atoms with Gasteiger partial charge in [-0.25, -0.2) is 0 Å². The van der Waals surface area contributed by atoms with E-state index in [-0.39, 0.29) is 5.91 Å². The van der Waals surface area contributed by atoms with E-state index in [1.54, 1.807) is 7.05 Å². The van der Waals surface area contributed by atoms with Crippen molar-refractivity contribution in [1.82, 2.24) is 4.90 Å². The van der Waals surface area contributed by atoms with E-state index in [4.69, 9.17) is 11.0 Å². The molecule has 1 amide bonds. The zero-order valence-electron chi connectivity index (χ0n) is 10.7. The molecule has 1 atom stereocenters. The molecule has 0 aliphatic rings. The highest BCUT2D eigenvalue weighted by molar-refractivity contribution is 7.99. The summed E-state index contributed by atoms with van der Waals surface area (Å²) in [6, 6.07) is 1.36. The summed E-state index contributed by atoms with van der Waals surface area (Å²) in [4.78, 5) is 24.1.